The van der Waals surface area contributed by atoms with E-state index in [4.69, 9.17) is 9.47 Å². The molecule has 0 bridgehead atoms. The van der Waals surface area contributed by atoms with Crippen molar-refractivity contribution in [2.75, 3.05) is 31.0 Å². The molecular formula is C24H22N4O5S. The van der Waals surface area contributed by atoms with Gasteiger partial charge >= 0.3 is 0 Å². The van der Waals surface area contributed by atoms with Gasteiger partial charge in [0.15, 0.2) is 16.6 Å². The lowest BCUT2D eigenvalue weighted by Crippen LogP contribution is -2.49. The van der Waals surface area contributed by atoms with Crippen LogP contribution in [-0.2, 0) is 4.79 Å². The first-order valence-electron chi connectivity index (χ1n) is 10.6. The van der Waals surface area contributed by atoms with Gasteiger partial charge in [0, 0.05) is 23.9 Å². The lowest BCUT2D eigenvalue weighted by atomic mass is 10.0. The Kier molecular flexibility index (Phi) is 5.45. The molecular weight excluding hydrogens is 456 g/mol. The van der Waals surface area contributed by atoms with Crippen LogP contribution in [0.25, 0.3) is 0 Å². The van der Waals surface area contributed by atoms with Gasteiger partial charge in [0.25, 0.3) is 11.8 Å². The number of hydrogen-bond donors (Lipinski definition) is 1. The van der Waals surface area contributed by atoms with Gasteiger partial charge in [-0.05, 0) is 25.1 Å². The number of methoxy groups -OCH3 is 2. The smallest absolute Gasteiger partial charge is 0.264 e. The molecule has 0 radical (unpaired) electrons. The number of amides is 3. The highest BCUT2D eigenvalue weighted by atomic mass is 32.1. The predicted molar refractivity (Wildman–Crippen MR) is 127 cm³/mol. The second-order valence-corrected chi connectivity index (χ2v) is 8.78. The first-order valence-corrected chi connectivity index (χ1v) is 11.5. The SMILES string of the molecule is COc1ccc2c(c1OC)C(=O)N1c3ccccc3C(=O)N(CCC(=O)Nc3nc(C)cs3)[C@H]21. The largest absolute Gasteiger partial charge is 0.493 e. The van der Waals surface area contributed by atoms with E-state index in [-0.39, 0.29) is 30.7 Å². The van der Waals surface area contributed by atoms with Gasteiger partial charge in [-0.3, -0.25) is 19.3 Å². The first kappa shape index (κ1) is 21.9. The van der Waals surface area contributed by atoms with Gasteiger partial charge in [-0.2, -0.15) is 0 Å². The molecule has 2 aliphatic heterocycles. The van der Waals surface area contributed by atoms with Crippen LogP contribution in [-0.4, -0.2) is 48.4 Å². The number of rotatable bonds is 6. The summed E-state index contributed by atoms with van der Waals surface area (Å²) in [7, 11) is 2.98. The second kappa shape index (κ2) is 8.45. The summed E-state index contributed by atoms with van der Waals surface area (Å²) in [6, 6.07) is 10.5. The minimum atomic E-state index is -0.695. The van der Waals surface area contributed by atoms with Crippen molar-refractivity contribution >= 4 is 39.9 Å². The van der Waals surface area contributed by atoms with Crippen LogP contribution in [0.15, 0.2) is 41.8 Å². The van der Waals surface area contributed by atoms with Crippen LogP contribution in [0.3, 0.4) is 0 Å². The molecule has 5 rings (SSSR count). The molecule has 3 heterocycles. The molecule has 1 N–H and O–H groups in total. The molecule has 0 saturated carbocycles. The van der Waals surface area contributed by atoms with Crippen LogP contribution in [0.5, 0.6) is 11.5 Å². The number of anilines is 2. The Bertz CT molecular complexity index is 1320. The van der Waals surface area contributed by atoms with Crippen LogP contribution in [0, 0.1) is 6.92 Å². The molecule has 10 heteroatoms. The maximum atomic E-state index is 13.6. The zero-order chi connectivity index (χ0) is 24.0. The average Bonchev–Trinajstić information content (AvgIpc) is 3.38. The summed E-state index contributed by atoms with van der Waals surface area (Å²) in [4.78, 5) is 47.2. The van der Waals surface area contributed by atoms with Crippen LogP contribution in [0.4, 0.5) is 10.8 Å². The summed E-state index contributed by atoms with van der Waals surface area (Å²) in [5, 5.41) is 5.13. The number of thiazole rings is 1. The van der Waals surface area contributed by atoms with Crippen LogP contribution < -0.4 is 19.7 Å². The average molecular weight is 479 g/mol. The van der Waals surface area contributed by atoms with E-state index in [0.717, 1.165) is 5.69 Å². The highest BCUT2D eigenvalue weighted by Crippen LogP contribution is 2.49. The van der Waals surface area contributed by atoms with Crippen molar-refractivity contribution in [2.45, 2.75) is 19.5 Å². The normalized spacial score (nSPS) is 16.1. The van der Waals surface area contributed by atoms with Crippen LogP contribution >= 0.6 is 11.3 Å². The molecule has 0 spiro atoms. The molecule has 2 aliphatic rings. The Labute approximate surface area is 199 Å². The van der Waals surface area contributed by atoms with Gasteiger partial charge in [-0.1, -0.05) is 18.2 Å². The van der Waals surface area contributed by atoms with Gasteiger partial charge in [0.05, 0.1) is 36.7 Å². The molecule has 0 aliphatic carbocycles. The van der Waals surface area contributed by atoms with Crippen molar-refractivity contribution < 1.29 is 23.9 Å². The van der Waals surface area contributed by atoms with Crippen LogP contribution in [0.1, 0.15) is 44.6 Å². The number of hydrogen-bond acceptors (Lipinski definition) is 7. The number of carbonyl (C=O) groups is 3. The number of nitrogens with one attached hydrogen (secondary N) is 1. The second-order valence-electron chi connectivity index (χ2n) is 7.92. The van der Waals surface area contributed by atoms with Crippen LogP contribution in [0.2, 0.25) is 0 Å². The fourth-order valence-electron chi connectivity index (χ4n) is 4.47. The molecule has 3 amide bonds. The minimum Gasteiger partial charge on any atom is -0.493 e. The first-order chi connectivity index (χ1) is 16.4. The number of fused-ring (bicyclic) bond motifs is 5. The number of ether oxygens (including phenoxy) is 2. The molecule has 2 aromatic carbocycles. The van der Waals surface area contributed by atoms with E-state index >= 15 is 0 Å². The molecule has 9 nitrogen and oxygen atoms in total. The zero-order valence-corrected chi connectivity index (χ0v) is 19.6. The summed E-state index contributed by atoms with van der Waals surface area (Å²) >= 11 is 1.34. The third-order valence-electron chi connectivity index (χ3n) is 5.93. The Hall–Kier alpha value is -3.92. The fourth-order valence-corrected chi connectivity index (χ4v) is 5.17. The topological polar surface area (TPSA) is 101 Å². The third-order valence-corrected chi connectivity index (χ3v) is 6.80. The summed E-state index contributed by atoms with van der Waals surface area (Å²) in [6.07, 6.45) is -0.646. The molecule has 174 valence electrons. The quantitative estimate of drug-likeness (QED) is 0.581. The van der Waals surface area contributed by atoms with E-state index < -0.39 is 6.17 Å². The molecule has 0 unspecified atom stereocenters. The van der Waals surface area contributed by atoms with Gasteiger partial charge in [-0.25, -0.2) is 4.98 Å². The van der Waals surface area contributed by atoms with Crippen molar-refractivity contribution in [3.8, 4) is 11.5 Å². The Balaban J connectivity index is 1.52. The van der Waals surface area contributed by atoms with Crippen molar-refractivity contribution in [3.63, 3.8) is 0 Å². The number of benzene rings is 2. The Morgan fingerprint density at radius 2 is 1.91 bits per heavy atom. The summed E-state index contributed by atoms with van der Waals surface area (Å²) in [5.74, 6) is -0.0436. The number of aromatic nitrogens is 1. The molecule has 34 heavy (non-hydrogen) atoms. The van der Waals surface area contributed by atoms with E-state index in [0.29, 0.717) is 39.0 Å². The number of aryl methyl sites for hydroxylation is 1. The van der Waals surface area contributed by atoms with Crippen molar-refractivity contribution in [1.82, 2.24) is 9.88 Å². The lowest BCUT2D eigenvalue weighted by molar-refractivity contribution is -0.116. The van der Waals surface area contributed by atoms with Crippen molar-refractivity contribution in [2.24, 2.45) is 0 Å². The zero-order valence-electron chi connectivity index (χ0n) is 18.8. The van der Waals surface area contributed by atoms with Gasteiger partial charge < -0.3 is 19.7 Å². The highest BCUT2D eigenvalue weighted by molar-refractivity contribution is 7.13. The van der Waals surface area contributed by atoms with E-state index in [2.05, 4.69) is 10.3 Å². The standard InChI is InChI=1S/C24H22N4O5S/c1-13-12-34-24(25-13)26-18(29)10-11-27-21-15-8-9-17(32-2)20(33-3)19(15)23(31)28(21)16-7-5-4-6-14(16)22(27)30/h4-9,12,21H,10-11H2,1-3H3,(H,25,26,29)/t21-/m0/s1. The Morgan fingerprint density at radius 1 is 1.12 bits per heavy atom. The summed E-state index contributed by atoms with van der Waals surface area (Å²) in [6.45, 7) is 1.97. The van der Waals surface area contributed by atoms with E-state index in [9.17, 15) is 14.4 Å². The number of carbonyl (C=O) groups excluding carboxylic acids is 3. The molecule has 0 fully saturated rings. The van der Waals surface area contributed by atoms with E-state index in [1.165, 1.54) is 25.6 Å². The summed E-state index contributed by atoms with van der Waals surface area (Å²) < 4.78 is 10.9. The maximum Gasteiger partial charge on any atom is 0.264 e. The van der Waals surface area contributed by atoms with Crippen molar-refractivity contribution in [1.29, 1.82) is 0 Å². The molecule has 3 aromatic rings. The third kappa shape index (κ3) is 3.38. The molecule has 1 atom stereocenters. The lowest BCUT2D eigenvalue weighted by Gasteiger charge is -2.40. The number of para-hydroxylation sites is 1. The van der Waals surface area contributed by atoms with Gasteiger partial charge in [0.2, 0.25) is 5.91 Å². The van der Waals surface area contributed by atoms with Gasteiger partial charge in [-0.15, -0.1) is 11.3 Å². The summed E-state index contributed by atoms with van der Waals surface area (Å²) in [5.41, 5.74) is 2.73. The van der Waals surface area contributed by atoms with Gasteiger partial charge in [0.1, 0.15) is 6.17 Å². The predicted octanol–water partition coefficient (Wildman–Crippen LogP) is 3.61. The molecule has 1 aromatic heterocycles. The highest BCUT2D eigenvalue weighted by Gasteiger charge is 2.49. The van der Waals surface area contributed by atoms with Crippen molar-refractivity contribution in [3.05, 3.63) is 64.2 Å². The minimum absolute atomic E-state index is 0.0493. The van der Waals surface area contributed by atoms with E-state index in [1.807, 2.05) is 12.3 Å². The number of nitrogens with zero attached hydrogens (tertiary/aromatic N) is 3. The Morgan fingerprint density at radius 3 is 2.62 bits per heavy atom. The monoisotopic (exact) mass is 478 g/mol. The van der Waals surface area contributed by atoms with E-state index in [1.54, 1.807) is 46.2 Å². The maximum absolute atomic E-state index is 13.6. The fraction of sp³-hybridized carbons (Fsp3) is 0.250. The molecule has 0 saturated heterocycles.